The average molecular weight is 391 g/mol. The molecule has 0 fully saturated rings. The fourth-order valence-electron chi connectivity index (χ4n) is 3.34. The lowest BCUT2D eigenvalue weighted by atomic mass is 10.1. The Labute approximate surface area is 171 Å². The van der Waals surface area contributed by atoms with Gasteiger partial charge in [0.2, 0.25) is 5.88 Å². The van der Waals surface area contributed by atoms with Crippen molar-refractivity contribution in [2.75, 3.05) is 6.61 Å². The molecule has 0 bridgehead atoms. The predicted molar refractivity (Wildman–Crippen MR) is 111 cm³/mol. The molecule has 0 N–H and O–H groups in total. The first-order valence-corrected chi connectivity index (χ1v) is 9.50. The molecule has 2 aromatic carbocycles. The Hall–Kier alpha value is -3.46. The number of nitriles is 1. The van der Waals surface area contributed by atoms with E-state index in [-0.39, 0.29) is 0 Å². The summed E-state index contributed by atoms with van der Waals surface area (Å²) in [7, 11) is 1.88. The molecule has 6 nitrogen and oxygen atoms in total. The highest BCUT2D eigenvalue weighted by Gasteiger charge is 2.16. The Balaban J connectivity index is 1.83. The number of benzene rings is 2. The van der Waals surface area contributed by atoms with Crippen LogP contribution in [0.1, 0.15) is 29.2 Å². The standard InChI is InChI=1S/C23H25N3O3/c1-6-27-23-17(4)22(25-26(23)5)18-10-11-20(16(3)12-18)28-13-19-15(2)8-7-9-21(19)29-14-24/h7-12H,6,13H2,1-5H3. The van der Waals surface area contributed by atoms with E-state index < -0.39 is 0 Å². The van der Waals surface area contributed by atoms with Gasteiger partial charge in [-0.1, -0.05) is 12.1 Å². The van der Waals surface area contributed by atoms with Crippen molar-refractivity contribution in [3.05, 3.63) is 58.7 Å². The van der Waals surface area contributed by atoms with Crippen LogP contribution < -0.4 is 14.2 Å². The minimum atomic E-state index is 0.320. The van der Waals surface area contributed by atoms with Gasteiger partial charge in [-0.3, -0.25) is 0 Å². The first kappa shape index (κ1) is 20.3. The van der Waals surface area contributed by atoms with E-state index in [0.717, 1.165) is 45.1 Å². The molecular weight excluding hydrogens is 366 g/mol. The lowest BCUT2D eigenvalue weighted by Crippen LogP contribution is -2.02. The van der Waals surface area contributed by atoms with Crippen molar-refractivity contribution in [2.24, 2.45) is 7.05 Å². The predicted octanol–water partition coefficient (Wildman–Crippen LogP) is 4.85. The number of nitrogens with zero attached hydrogens (tertiary/aromatic N) is 3. The van der Waals surface area contributed by atoms with Crippen molar-refractivity contribution in [3.8, 4) is 34.9 Å². The molecule has 0 amide bonds. The zero-order valence-electron chi connectivity index (χ0n) is 17.4. The third-order valence-electron chi connectivity index (χ3n) is 4.84. The van der Waals surface area contributed by atoms with Crippen molar-refractivity contribution >= 4 is 0 Å². The van der Waals surface area contributed by atoms with Crippen molar-refractivity contribution in [1.29, 1.82) is 5.26 Å². The first-order chi connectivity index (χ1) is 14.0. The van der Waals surface area contributed by atoms with Gasteiger partial charge in [-0.05, 0) is 63.1 Å². The van der Waals surface area contributed by atoms with Gasteiger partial charge in [0.25, 0.3) is 6.26 Å². The lowest BCUT2D eigenvalue weighted by molar-refractivity contribution is 0.298. The second-order valence-electron chi connectivity index (χ2n) is 6.85. The van der Waals surface area contributed by atoms with Gasteiger partial charge in [-0.25, -0.2) is 4.68 Å². The Morgan fingerprint density at radius 3 is 2.52 bits per heavy atom. The highest BCUT2D eigenvalue weighted by molar-refractivity contribution is 5.67. The summed E-state index contributed by atoms with van der Waals surface area (Å²) in [6.45, 7) is 8.87. The van der Waals surface area contributed by atoms with Crippen LogP contribution >= 0.6 is 0 Å². The fourth-order valence-corrected chi connectivity index (χ4v) is 3.34. The molecule has 6 heteroatoms. The van der Waals surface area contributed by atoms with Gasteiger partial charge in [0.05, 0.1) is 12.3 Å². The Morgan fingerprint density at radius 2 is 1.83 bits per heavy atom. The van der Waals surface area contributed by atoms with Crippen LogP contribution in [0.4, 0.5) is 0 Å². The number of aromatic nitrogens is 2. The fraction of sp³-hybridized carbons (Fsp3) is 0.304. The molecule has 0 saturated heterocycles. The lowest BCUT2D eigenvalue weighted by Gasteiger charge is -2.14. The van der Waals surface area contributed by atoms with E-state index in [1.807, 2.05) is 59.0 Å². The third-order valence-corrected chi connectivity index (χ3v) is 4.84. The molecular formula is C23H25N3O3. The summed E-state index contributed by atoms with van der Waals surface area (Å²) in [5, 5.41) is 13.5. The summed E-state index contributed by atoms with van der Waals surface area (Å²) in [5.41, 5.74) is 5.80. The van der Waals surface area contributed by atoms with E-state index in [2.05, 4.69) is 11.2 Å². The molecule has 0 unspecified atom stereocenters. The smallest absolute Gasteiger partial charge is 0.292 e. The van der Waals surface area contributed by atoms with E-state index >= 15 is 0 Å². The Kier molecular flexibility index (Phi) is 6.08. The molecule has 0 aliphatic heterocycles. The second kappa shape index (κ2) is 8.70. The SMILES string of the molecule is CCOc1c(C)c(-c2ccc(OCc3c(C)cccc3OC#N)c(C)c2)nn1C. The van der Waals surface area contributed by atoms with Crippen LogP contribution in [0.5, 0.6) is 17.4 Å². The van der Waals surface area contributed by atoms with Crippen molar-refractivity contribution in [2.45, 2.75) is 34.3 Å². The zero-order chi connectivity index (χ0) is 21.0. The summed E-state index contributed by atoms with van der Waals surface area (Å²) in [4.78, 5) is 0. The molecule has 0 atom stereocenters. The van der Waals surface area contributed by atoms with Crippen LogP contribution in [0.25, 0.3) is 11.3 Å². The third kappa shape index (κ3) is 4.19. The monoisotopic (exact) mass is 391 g/mol. The van der Waals surface area contributed by atoms with Crippen LogP contribution in [-0.4, -0.2) is 16.4 Å². The molecule has 1 heterocycles. The average Bonchev–Trinajstić information content (AvgIpc) is 2.97. The van der Waals surface area contributed by atoms with Crippen LogP contribution in [0, 0.1) is 32.3 Å². The number of ether oxygens (including phenoxy) is 3. The zero-order valence-corrected chi connectivity index (χ0v) is 17.4. The topological polar surface area (TPSA) is 69.3 Å². The molecule has 0 aliphatic carbocycles. The van der Waals surface area contributed by atoms with Crippen LogP contribution in [0.15, 0.2) is 36.4 Å². The van der Waals surface area contributed by atoms with Crippen molar-refractivity contribution in [1.82, 2.24) is 9.78 Å². The summed E-state index contributed by atoms with van der Waals surface area (Å²) < 4.78 is 18.6. The van der Waals surface area contributed by atoms with E-state index in [9.17, 15) is 0 Å². The van der Waals surface area contributed by atoms with Gasteiger partial charge in [-0.2, -0.15) is 5.10 Å². The molecule has 3 aromatic rings. The van der Waals surface area contributed by atoms with E-state index in [4.69, 9.17) is 19.5 Å². The second-order valence-corrected chi connectivity index (χ2v) is 6.85. The number of aryl methyl sites for hydroxylation is 3. The number of hydrogen-bond donors (Lipinski definition) is 0. The van der Waals surface area contributed by atoms with E-state index in [1.54, 1.807) is 17.0 Å². The summed E-state index contributed by atoms with van der Waals surface area (Å²) in [6, 6.07) is 11.6. The van der Waals surface area contributed by atoms with E-state index in [0.29, 0.717) is 19.0 Å². The maximum absolute atomic E-state index is 8.85. The highest BCUT2D eigenvalue weighted by atomic mass is 16.5. The van der Waals surface area contributed by atoms with Crippen LogP contribution in [0.2, 0.25) is 0 Å². The minimum Gasteiger partial charge on any atom is -0.488 e. The van der Waals surface area contributed by atoms with Gasteiger partial charge < -0.3 is 14.2 Å². The van der Waals surface area contributed by atoms with E-state index in [1.165, 1.54) is 0 Å². The molecule has 0 saturated carbocycles. The van der Waals surface area contributed by atoms with Crippen LogP contribution in [0.3, 0.4) is 0 Å². The maximum atomic E-state index is 8.85. The molecule has 3 rings (SSSR count). The normalized spacial score (nSPS) is 10.5. The molecule has 29 heavy (non-hydrogen) atoms. The van der Waals surface area contributed by atoms with Gasteiger partial charge in [0, 0.05) is 23.7 Å². The number of rotatable bonds is 7. The largest absolute Gasteiger partial charge is 0.488 e. The quantitative estimate of drug-likeness (QED) is 0.539. The minimum absolute atomic E-state index is 0.320. The summed E-state index contributed by atoms with van der Waals surface area (Å²) in [6.07, 6.45) is 1.73. The molecule has 1 aromatic heterocycles. The molecule has 150 valence electrons. The Bertz CT molecular complexity index is 1060. The van der Waals surface area contributed by atoms with Gasteiger partial charge in [0.15, 0.2) is 0 Å². The first-order valence-electron chi connectivity index (χ1n) is 9.50. The Morgan fingerprint density at radius 1 is 1.03 bits per heavy atom. The number of hydrogen-bond acceptors (Lipinski definition) is 5. The maximum Gasteiger partial charge on any atom is 0.292 e. The molecule has 0 aliphatic rings. The van der Waals surface area contributed by atoms with Gasteiger partial charge in [0.1, 0.15) is 18.1 Å². The molecule has 0 radical (unpaired) electrons. The molecule has 0 spiro atoms. The van der Waals surface area contributed by atoms with Gasteiger partial charge >= 0.3 is 0 Å². The highest BCUT2D eigenvalue weighted by Crippen LogP contribution is 2.32. The van der Waals surface area contributed by atoms with Crippen molar-refractivity contribution in [3.63, 3.8) is 0 Å². The van der Waals surface area contributed by atoms with Crippen molar-refractivity contribution < 1.29 is 14.2 Å². The van der Waals surface area contributed by atoms with Crippen LogP contribution in [-0.2, 0) is 13.7 Å². The van der Waals surface area contributed by atoms with Gasteiger partial charge in [-0.15, -0.1) is 5.26 Å². The summed E-state index contributed by atoms with van der Waals surface area (Å²) >= 11 is 0. The summed E-state index contributed by atoms with van der Waals surface area (Å²) in [5.74, 6) is 2.08.